The molecule has 0 N–H and O–H groups in total. The second-order valence-corrected chi connectivity index (χ2v) is 9.72. The molecule has 2 heterocycles. The van der Waals surface area contributed by atoms with E-state index in [1.54, 1.807) is 6.92 Å². The molecule has 146 valence electrons. The summed E-state index contributed by atoms with van der Waals surface area (Å²) in [6.07, 6.45) is 5.35. The Morgan fingerprint density at radius 1 is 1.26 bits per heavy atom. The van der Waals surface area contributed by atoms with E-state index in [0.29, 0.717) is 6.04 Å². The van der Waals surface area contributed by atoms with Gasteiger partial charge in [-0.15, -0.1) is 11.3 Å². The highest BCUT2D eigenvalue weighted by Crippen LogP contribution is 2.36. The van der Waals surface area contributed by atoms with Crippen molar-refractivity contribution in [2.45, 2.75) is 65.5 Å². The minimum Gasteiger partial charge on any atom is -0.299 e. The summed E-state index contributed by atoms with van der Waals surface area (Å²) in [4.78, 5) is 15.9. The van der Waals surface area contributed by atoms with Crippen LogP contribution in [0.3, 0.4) is 0 Å². The predicted molar refractivity (Wildman–Crippen MR) is 116 cm³/mol. The van der Waals surface area contributed by atoms with E-state index in [-0.39, 0.29) is 11.2 Å². The topological polar surface area (TPSA) is 20.3 Å². The molecule has 1 unspecified atom stereocenters. The molecule has 0 spiro atoms. The van der Waals surface area contributed by atoms with E-state index in [4.69, 9.17) is 11.6 Å². The zero-order valence-corrected chi connectivity index (χ0v) is 18.2. The number of ketones is 1. The summed E-state index contributed by atoms with van der Waals surface area (Å²) in [5.74, 6) is 0.283. The Kier molecular flexibility index (Phi) is 6.78. The zero-order valence-electron chi connectivity index (χ0n) is 16.6. The van der Waals surface area contributed by atoms with Gasteiger partial charge < -0.3 is 0 Å². The van der Waals surface area contributed by atoms with Gasteiger partial charge in [0.2, 0.25) is 0 Å². The molecule has 0 amide bonds. The number of nitrogens with zero attached hydrogens (tertiary/aromatic N) is 1. The zero-order chi connectivity index (χ0) is 19.4. The summed E-state index contributed by atoms with van der Waals surface area (Å²) in [5, 5.41) is 3.07. The Hall–Kier alpha value is -1.16. The van der Waals surface area contributed by atoms with Crippen LogP contribution < -0.4 is 0 Å². The van der Waals surface area contributed by atoms with Gasteiger partial charge in [-0.2, -0.15) is 0 Å². The van der Waals surface area contributed by atoms with Crippen molar-refractivity contribution < 1.29 is 4.79 Å². The highest BCUT2D eigenvalue weighted by atomic mass is 35.5. The molecule has 2 nitrogen and oxygen atoms in total. The molecule has 3 rings (SSSR count). The van der Waals surface area contributed by atoms with E-state index in [9.17, 15) is 4.79 Å². The first-order valence-electron chi connectivity index (χ1n) is 9.93. The molecular weight excluding hydrogens is 374 g/mol. The van der Waals surface area contributed by atoms with Crippen LogP contribution in [0, 0.1) is 5.41 Å². The molecule has 27 heavy (non-hydrogen) atoms. The number of rotatable bonds is 8. The van der Waals surface area contributed by atoms with Crippen LogP contribution >= 0.6 is 22.9 Å². The van der Waals surface area contributed by atoms with Crippen molar-refractivity contribution in [2.24, 2.45) is 5.41 Å². The number of carbonyl (C=O) groups excluding carboxylic acids is 1. The normalized spacial score (nSPS) is 16.1. The number of benzene rings is 1. The van der Waals surface area contributed by atoms with Crippen LogP contribution in [0.15, 0.2) is 35.7 Å². The minimum atomic E-state index is -0.212. The number of halogens is 1. The van der Waals surface area contributed by atoms with Gasteiger partial charge in [-0.05, 0) is 54.8 Å². The average molecular weight is 404 g/mol. The van der Waals surface area contributed by atoms with Gasteiger partial charge in [-0.3, -0.25) is 9.69 Å². The summed E-state index contributed by atoms with van der Waals surface area (Å²) in [6, 6.07) is 10.9. The Bertz CT molecular complexity index is 782. The fourth-order valence-corrected chi connectivity index (χ4v) is 5.05. The first-order valence-corrected chi connectivity index (χ1v) is 11.2. The van der Waals surface area contributed by atoms with Crippen LogP contribution in [0.25, 0.3) is 0 Å². The lowest BCUT2D eigenvalue weighted by Gasteiger charge is -2.35. The molecule has 0 aliphatic carbocycles. The van der Waals surface area contributed by atoms with Crippen LogP contribution in [-0.4, -0.2) is 17.2 Å². The molecule has 4 heteroatoms. The van der Waals surface area contributed by atoms with Crippen molar-refractivity contribution in [3.05, 3.63) is 56.7 Å². The Morgan fingerprint density at radius 3 is 2.78 bits per heavy atom. The molecule has 2 aromatic rings. The van der Waals surface area contributed by atoms with Crippen molar-refractivity contribution in [1.82, 2.24) is 4.90 Å². The molecular formula is C23H30ClNOS. The van der Waals surface area contributed by atoms with Crippen molar-refractivity contribution in [3.8, 4) is 0 Å². The maximum Gasteiger partial charge on any atom is 0.135 e. The lowest BCUT2D eigenvalue weighted by atomic mass is 9.83. The molecule has 1 aliphatic heterocycles. The molecule has 1 aliphatic rings. The van der Waals surface area contributed by atoms with E-state index in [2.05, 4.69) is 42.3 Å². The van der Waals surface area contributed by atoms with Gasteiger partial charge in [-0.1, -0.05) is 56.5 Å². The number of unbranched alkanes of at least 4 members (excludes halogenated alkanes) is 1. The highest BCUT2D eigenvalue weighted by molar-refractivity contribution is 7.10. The van der Waals surface area contributed by atoms with Crippen molar-refractivity contribution in [1.29, 1.82) is 0 Å². The number of Topliss-reactive ketones (excluding diaryl/α,β-unsaturated/α-hetero) is 1. The van der Waals surface area contributed by atoms with Crippen molar-refractivity contribution in [2.75, 3.05) is 6.54 Å². The number of thiophene rings is 1. The molecule has 1 aromatic heterocycles. The van der Waals surface area contributed by atoms with Crippen LogP contribution in [-0.2, 0) is 17.8 Å². The second kappa shape index (κ2) is 8.89. The van der Waals surface area contributed by atoms with E-state index in [1.165, 1.54) is 16.0 Å². The third-order valence-corrected chi connectivity index (χ3v) is 7.39. The smallest absolute Gasteiger partial charge is 0.135 e. The third-order valence-electron chi connectivity index (χ3n) is 6.02. The van der Waals surface area contributed by atoms with Crippen molar-refractivity contribution in [3.63, 3.8) is 0 Å². The molecule has 0 bridgehead atoms. The van der Waals surface area contributed by atoms with Gasteiger partial charge in [0.15, 0.2) is 0 Å². The molecule has 0 saturated carbocycles. The van der Waals surface area contributed by atoms with E-state index >= 15 is 0 Å². The van der Waals surface area contributed by atoms with Gasteiger partial charge in [0.25, 0.3) is 0 Å². The lowest BCUT2D eigenvalue weighted by molar-refractivity contribution is -0.125. The Balaban J connectivity index is 1.70. The molecule has 0 saturated heterocycles. The van der Waals surface area contributed by atoms with Crippen LogP contribution in [0.4, 0.5) is 0 Å². The summed E-state index contributed by atoms with van der Waals surface area (Å²) < 4.78 is 0. The standard InChI is InChI=1S/C23H30ClNOS/c1-17(26)23(2,3)13-7-6-10-21(19-8-4-5-9-20(19)24)25-14-11-22-18(16-25)12-15-27-22/h4-5,8-9,12,15,21H,6-7,10-11,13-14,16H2,1-3H3. The lowest BCUT2D eigenvalue weighted by Crippen LogP contribution is -2.33. The van der Waals surface area contributed by atoms with Gasteiger partial charge in [-0.25, -0.2) is 0 Å². The summed E-state index contributed by atoms with van der Waals surface area (Å²) in [6.45, 7) is 7.92. The fraction of sp³-hybridized carbons (Fsp3) is 0.522. The number of carbonyl (C=O) groups is 1. The quantitative estimate of drug-likeness (QED) is 0.458. The predicted octanol–water partition coefficient (Wildman–Crippen LogP) is 6.68. The number of hydrogen-bond donors (Lipinski definition) is 0. The third kappa shape index (κ3) is 5.01. The van der Waals surface area contributed by atoms with Gasteiger partial charge >= 0.3 is 0 Å². The van der Waals surface area contributed by atoms with Crippen LogP contribution in [0.1, 0.15) is 68.5 Å². The maximum absolute atomic E-state index is 11.8. The van der Waals surface area contributed by atoms with Crippen molar-refractivity contribution >= 4 is 28.7 Å². The van der Waals surface area contributed by atoms with Crippen LogP contribution in [0.5, 0.6) is 0 Å². The summed E-state index contributed by atoms with van der Waals surface area (Å²) in [5.41, 5.74) is 2.50. The van der Waals surface area contributed by atoms with E-state index in [0.717, 1.165) is 50.2 Å². The average Bonchev–Trinajstić information content (AvgIpc) is 3.10. The summed E-state index contributed by atoms with van der Waals surface area (Å²) >= 11 is 8.46. The van der Waals surface area contributed by atoms with Gasteiger partial charge in [0, 0.05) is 34.4 Å². The largest absolute Gasteiger partial charge is 0.299 e. The highest BCUT2D eigenvalue weighted by Gasteiger charge is 2.27. The fourth-order valence-electron chi connectivity index (χ4n) is 3.90. The first-order chi connectivity index (χ1) is 12.9. The first kappa shape index (κ1) is 20.6. The van der Waals surface area contributed by atoms with Gasteiger partial charge in [0.1, 0.15) is 5.78 Å². The van der Waals surface area contributed by atoms with E-state index < -0.39 is 0 Å². The molecule has 1 atom stereocenters. The Labute approximate surface area is 172 Å². The number of hydrogen-bond acceptors (Lipinski definition) is 3. The van der Waals surface area contributed by atoms with Crippen LogP contribution in [0.2, 0.25) is 5.02 Å². The monoisotopic (exact) mass is 403 g/mol. The SMILES string of the molecule is CC(=O)C(C)(C)CCCCC(c1ccccc1Cl)N1CCc2sccc2C1. The van der Waals surface area contributed by atoms with Gasteiger partial charge in [0.05, 0.1) is 0 Å². The molecule has 0 radical (unpaired) electrons. The maximum atomic E-state index is 11.8. The minimum absolute atomic E-state index is 0.212. The Morgan fingerprint density at radius 2 is 2.04 bits per heavy atom. The molecule has 1 aromatic carbocycles. The van der Waals surface area contributed by atoms with E-state index in [1.807, 2.05) is 23.5 Å². The summed E-state index contributed by atoms with van der Waals surface area (Å²) in [7, 11) is 0. The second-order valence-electron chi connectivity index (χ2n) is 8.31. The number of fused-ring (bicyclic) bond motifs is 1. The molecule has 0 fully saturated rings.